The molecule has 0 bridgehead atoms. The van der Waals surface area contributed by atoms with Gasteiger partial charge in [-0.05, 0) is 24.6 Å². The first kappa shape index (κ1) is 16.2. The van der Waals surface area contributed by atoms with Crippen LogP contribution >= 0.6 is 0 Å². The first-order valence-corrected chi connectivity index (χ1v) is 10.4. The van der Waals surface area contributed by atoms with Crippen molar-refractivity contribution in [1.29, 1.82) is 0 Å². The molecule has 1 aromatic heterocycles. The minimum absolute atomic E-state index is 0.168. The van der Waals surface area contributed by atoms with Crippen molar-refractivity contribution in [2.45, 2.75) is 64.9 Å². The highest BCUT2D eigenvalue weighted by molar-refractivity contribution is 6.74. The van der Waals surface area contributed by atoms with E-state index >= 15 is 0 Å². The van der Waals surface area contributed by atoms with Crippen molar-refractivity contribution in [2.75, 3.05) is 0 Å². The molecule has 5 nitrogen and oxygen atoms in total. The van der Waals surface area contributed by atoms with Gasteiger partial charge in [0, 0.05) is 13.0 Å². The van der Waals surface area contributed by atoms with E-state index < -0.39 is 14.3 Å². The lowest BCUT2D eigenvalue weighted by atomic mass is 10.00. The number of imidazole rings is 1. The summed E-state index contributed by atoms with van der Waals surface area (Å²) in [5.41, 5.74) is 1.00. The van der Waals surface area contributed by atoms with Crippen LogP contribution in [0.25, 0.3) is 0 Å². The largest absolute Gasteiger partial charge is 0.481 e. The molecule has 21 heavy (non-hydrogen) atoms. The predicted octanol–water partition coefficient (Wildman–Crippen LogP) is 3.05. The Morgan fingerprint density at radius 1 is 1.52 bits per heavy atom. The van der Waals surface area contributed by atoms with E-state index in [9.17, 15) is 9.90 Å². The van der Waals surface area contributed by atoms with Crippen LogP contribution in [0, 0.1) is 5.92 Å². The quantitative estimate of drug-likeness (QED) is 0.868. The van der Waals surface area contributed by atoms with Gasteiger partial charge in [0.2, 0.25) is 0 Å². The Bertz CT molecular complexity index is 532. The summed E-state index contributed by atoms with van der Waals surface area (Å²) in [7, 11) is -1.80. The van der Waals surface area contributed by atoms with E-state index in [0.717, 1.165) is 17.9 Å². The number of hydrogen-bond donors (Lipinski definition) is 1. The lowest BCUT2D eigenvalue weighted by Crippen LogP contribution is -2.40. The fourth-order valence-corrected chi connectivity index (χ4v) is 3.22. The topological polar surface area (TPSA) is 64.4 Å². The number of aryl methyl sites for hydroxylation is 1. The minimum atomic E-state index is -1.80. The third kappa shape index (κ3) is 3.37. The van der Waals surface area contributed by atoms with Crippen LogP contribution in [0.15, 0.2) is 6.20 Å². The van der Waals surface area contributed by atoms with Crippen LogP contribution in [0.2, 0.25) is 18.1 Å². The van der Waals surface area contributed by atoms with E-state index in [1.165, 1.54) is 0 Å². The van der Waals surface area contributed by atoms with E-state index in [-0.39, 0.29) is 11.0 Å². The van der Waals surface area contributed by atoms with Gasteiger partial charge in [-0.2, -0.15) is 0 Å². The van der Waals surface area contributed by atoms with Crippen molar-refractivity contribution in [2.24, 2.45) is 5.92 Å². The van der Waals surface area contributed by atoms with Crippen molar-refractivity contribution in [3.05, 3.63) is 17.7 Å². The highest BCUT2D eigenvalue weighted by Gasteiger charge is 2.37. The number of nitrogens with zero attached hydrogens (tertiary/aromatic N) is 2. The molecular formula is C15H26N2O3Si. The fourth-order valence-electron chi connectivity index (χ4n) is 2.28. The Balaban J connectivity index is 2.10. The molecule has 1 aromatic rings. The smallest absolute Gasteiger partial charge is 0.308 e. The summed E-state index contributed by atoms with van der Waals surface area (Å²) in [6.45, 7) is 12.1. The SMILES string of the molecule is CC(C)(C)[Si](C)(C)OCc1cnc2n1CC(C(=O)O)CC2. The van der Waals surface area contributed by atoms with Gasteiger partial charge < -0.3 is 14.1 Å². The van der Waals surface area contributed by atoms with Gasteiger partial charge in [0.05, 0.1) is 24.4 Å². The van der Waals surface area contributed by atoms with Crippen LogP contribution in [0.1, 0.15) is 38.7 Å². The summed E-state index contributed by atoms with van der Waals surface area (Å²) in [4.78, 5) is 15.6. The number of aromatic nitrogens is 2. The van der Waals surface area contributed by atoms with Gasteiger partial charge in [0.15, 0.2) is 8.32 Å². The molecule has 0 spiro atoms. The van der Waals surface area contributed by atoms with E-state index in [4.69, 9.17) is 4.43 Å². The maximum Gasteiger partial charge on any atom is 0.308 e. The van der Waals surface area contributed by atoms with Crippen molar-refractivity contribution >= 4 is 14.3 Å². The lowest BCUT2D eigenvalue weighted by Gasteiger charge is -2.36. The Morgan fingerprint density at radius 3 is 2.76 bits per heavy atom. The zero-order valence-corrected chi connectivity index (χ0v) is 14.6. The maximum atomic E-state index is 11.2. The number of aliphatic carboxylic acids is 1. The first-order valence-electron chi connectivity index (χ1n) is 7.52. The average molecular weight is 310 g/mol. The Labute approximate surface area is 127 Å². The molecule has 0 aliphatic carbocycles. The monoisotopic (exact) mass is 310 g/mol. The molecule has 2 heterocycles. The Kier molecular flexibility index (Phi) is 4.30. The molecule has 1 aliphatic heterocycles. The van der Waals surface area contributed by atoms with E-state index in [2.05, 4.69) is 38.8 Å². The molecule has 6 heteroatoms. The molecule has 118 valence electrons. The van der Waals surface area contributed by atoms with Gasteiger partial charge in [-0.15, -0.1) is 0 Å². The normalized spacial score (nSPS) is 19.4. The highest BCUT2D eigenvalue weighted by Crippen LogP contribution is 2.37. The summed E-state index contributed by atoms with van der Waals surface area (Å²) in [5.74, 6) is -0.0368. The van der Waals surface area contributed by atoms with Crippen LogP contribution in [0.5, 0.6) is 0 Å². The standard InChI is InChI=1S/C15H26N2O3Si/c1-15(2,3)21(4,5)20-10-12-8-16-13-7-6-11(14(18)19)9-17(12)13/h8,11H,6-7,9-10H2,1-5H3,(H,18,19). The predicted molar refractivity (Wildman–Crippen MR) is 83.7 cm³/mol. The summed E-state index contributed by atoms with van der Waals surface area (Å²) < 4.78 is 8.27. The van der Waals surface area contributed by atoms with Gasteiger partial charge in [-0.25, -0.2) is 4.98 Å². The van der Waals surface area contributed by atoms with Crippen LogP contribution in [-0.2, 0) is 28.8 Å². The van der Waals surface area contributed by atoms with Crippen LogP contribution < -0.4 is 0 Å². The molecule has 0 saturated heterocycles. The van der Waals surface area contributed by atoms with Crippen molar-refractivity contribution in [3.63, 3.8) is 0 Å². The maximum absolute atomic E-state index is 11.2. The highest BCUT2D eigenvalue weighted by atomic mass is 28.4. The van der Waals surface area contributed by atoms with Gasteiger partial charge in [0.25, 0.3) is 0 Å². The third-order valence-corrected chi connectivity index (χ3v) is 9.35. The van der Waals surface area contributed by atoms with Crippen molar-refractivity contribution in [1.82, 2.24) is 9.55 Å². The molecule has 0 amide bonds. The second-order valence-corrected chi connectivity index (χ2v) is 12.2. The molecular weight excluding hydrogens is 284 g/mol. The molecule has 1 unspecified atom stereocenters. The Morgan fingerprint density at radius 2 is 2.19 bits per heavy atom. The lowest BCUT2D eigenvalue weighted by molar-refractivity contribution is -0.142. The molecule has 2 rings (SSSR count). The Hall–Kier alpha value is -1.14. The number of carboxylic acid groups (broad SMARTS) is 1. The average Bonchev–Trinajstić information content (AvgIpc) is 2.77. The molecule has 0 radical (unpaired) electrons. The summed E-state index contributed by atoms with van der Waals surface area (Å²) in [6, 6.07) is 0. The molecule has 0 saturated carbocycles. The van der Waals surface area contributed by atoms with Crippen LogP contribution in [0.3, 0.4) is 0 Å². The summed E-state index contributed by atoms with van der Waals surface area (Å²) in [6.07, 6.45) is 3.25. The molecule has 1 N–H and O–H groups in total. The second-order valence-electron chi connectivity index (χ2n) is 7.40. The van der Waals surface area contributed by atoms with Gasteiger partial charge in [0.1, 0.15) is 5.82 Å². The first-order chi connectivity index (χ1) is 9.62. The minimum Gasteiger partial charge on any atom is -0.481 e. The van der Waals surface area contributed by atoms with Crippen molar-refractivity contribution in [3.8, 4) is 0 Å². The zero-order chi connectivity index (χ0) is 15.8. The number of fused-ring (bicyclic) bond motifs is 1. The summed E-state index contributed by atoms with van der Waals surface area (Å²) in [5, 5.41) is 9.37. The van der Waals surface area contributed by atoms with Gasteiger partial charge in [-0.3, -0.25) is 4.79 Å². The number of hydrogen-bond acceptors (Lipinski definition) is 3. The van der Waals surface area contributed by atoms with Crippen LogP contribution in [-0.4, -0.2) is 28.9 Å². The van der Waals surface area contributed by atoms with Crippen molar-refractivity contribution < 1.29 is 14.3 Å². The number of rotatable bonds is 4. The van der Waals surface area contributed by atoms with E-state index in [1.54, 1.807) is 0 Å². The fraction of sp³-hybridized carbons (Fsp3) is 0.733. The molecule has 1 aliphatic rings. The van der Waals surface area contributed by atoms with Gasteiger partial charge in [-0.1, -0.05) is 20.8 Å². The molecule has 0 fully saturated rings. The zero-order valence-electron chi connectivity index (χ0n) is 13.6. The summed E-state index contributed by atoms with van der Waals surface area (Å²) >= 11 is 0. The third-order valence-electron chi connectivity index (χ3n) is 4.88. The van der Waals surface area contributed by atoms with E-state index in [0.29, 0.717) is 19.6 Å². The number of carboxylic acids is 1. The van der Waals surface area contributed by atoms with E-state index in [1.807, 2.05) is 10.8 Å². The second kappa shape index (κ2) is 5.57. The van der Waals surface area contributed by atoms with Crippen LogP contribution in [0.4, 0.5) is 0 Å². The molecule has 0 aromatic carbocycles. The molecule has 1 atom stereocenters. The number of carbonyl (C=O) groups is 1. The van der Waals surface area contributed by atoms with Gasteiger partial charge >= 0.3 is 5.97 Å².